The van der Waals surface area contributed by atoms with E-state index in [4.69, 9.17) is 31.7 Å². The average molecular weight is 422 g/mol. The Hall–Kier alpha value is -2.47. The highest BCUT2D eigenvalue weighted by Gasteiger charge is 2.38. The zero-order valence-corrected chi connectivity index (χ0v) is 13.7. The number of aliphatic carboxylic acids is 1. The molecule has 0 radical (unpaired) electrons. The summed E-state index contributed by atoms with van der Waals surface area (Å²) < 4.78 is 77.3. The van der Waals surface area contributed by atoms with Gasteiger partial charge in [-0.15, -0.1) is 0 Å². The Morgan fingerprint density at radius 3 is 2.15 bits per heavy atom. The Morgan fingerprint density at radius 2 is 1.70 bits per heavy atom. The molecule has 1 aromatic carbocycles. The SMILES string of the molecule is NCc1cc2cc(Cl)cc(C(=O)OCC(F)(F)F)c2o1.O=C(O)C(F)(F)F. The number of carbonyl (C=O) groups is 2. The molecule has 3 N–H and O–H groups in total. The molecule has 27 heavy (non-hydrogen) atoms. The molecule has 2 rings (SSSR count). The number of benzene rings is 1. The Morgan fingerprint density at radius 1 is 1.15 bits per heavy atom. The lowest BCUT2D eigenvalue weighted by atomic mass is 10.1. The molecule has 0 unspecified atom stereocenters. The van der Waals surface area contributed by atoms with Gasteiger partial charge in [-0.25, -0.2) is 9.59 Å². The smallest absolute Gasteiger partial charge is 0.475 e. The first-order chi connectivity index (χ1) is 12.2. The maximum absolute atomic E-state index is 12.0. The molecule has 0 fully saturated rings. The molecule has 0 spiro atoms. The third-order valence-electron chi connectivity index (χ3n) is 2.66. The van der Waals surface area contributed by atoms with E-state index >= 15 is 0 Å². The average Bonchev–Trinajstić information content (AvgIpc) is 2.93. The molecule has 0 saturated heterocycles. The molecular formula is C14H10ClF6NO5. The number of carbonyl (C=O) groups excluding carboxylic acids is 1. The summed E-state index contributed by atoms with van der Waals surface area (Å²) in [5.41, 5.74) is 5.33. The van der Waals surface area contributed by atoms with E-state index in [1.807, 2.05) is 0 Å². The second-order valence-corrected chi connectivity index (χ2v) is 5.22. The number of carboxylic acids is 1. The van der Waals surface area contributed by atoms with E-state index < -0.39 is 30.9 Å². The van der Waals surface area contributed by atoms with Crippen molar-refractivity contribution in [2.45, 2.75) is 18.9 Å². The van der Waals surface area contributed by atoms with E-state index in [0.717, 1.165) is 0 Å². The summed E-state index contributed by atoms with van der Waals surface area (Å²) in [6, 6.07) is 4.26. The van der Waals surface area contributed by atoms with Crippen molar-refractivity contribution < 1.29 is 50.2 Å². The van der Waals surface area contributed by atoms with Crippen molar-refractivity contribution in [3.05, 3.63) is 34.5 Å². The van der Waals surface area contributed by atoms with E-state index in [0.29, 0.717) is 11.1 Å². The van der Waals surface area contributed by atoms with Crippen molar-refractivity contribution in [2.75, 3.05) is 6.61 Å². The molecule has 1 heterocycles. The van der Waals surface area contributed by atoms with Crippen LogP contribution in [-0.2, 0) is 16.1 Å². The number of esters is 1. The molecule has 6 nitrogen and oxygen atoms in total. The second-order valence-electron chi connectivity index (χ2n) is 4.78. The summed E-state index contributed by atoms with van der Waals surface area (Å²) in [6.07, 6.45) is -9.68. The van der Waals surface area contributed by atoms with E-state index in [-0.39, 0.29) is 22.7 Å². The van der Waals surface area contributed by atoms with Crippen LogP contribution in [0.15, 0.2) is 22.6 Å². The van der Waals surface area contributed by atoms with E-state index in [9.17, 15) is 31.1 Å². The van der Waals surface area contributed by atoms with Gasteiger partial charge in [-0.3, -0.25) is 0 Å². The first kappa shape index (κ1) is 22.6. The minimum atomic E-state index is -5.08. The van der Waals surface area contributed by atoms with Crippen LogP contribution in [0.2, 0.25) is 5.02 Å². The molecule has 0 saturated carbocycles. The molecule has 0 bridgehead atoms. The number of fused-ring (bicyclic) bond motifs is 1. The zero-order chi connectivity index (χ0) is 21.0. The Kier molecular flexibility index (Phi) is 7.09. The number of rotatable bonds is 3. The van der Waals surface area contributed by atoms with Crippen molar-refractivity contribution in [1.29, 1.82) is 0 Å². The van der Waals surface area contributed by atoms with Crippen LogP contribution in [0.4, 0.5) is 26.3 Å². The molecule has 0 amide bonds. The summed E-state index contributed by atoms with van der Waals surface area (Å²) in [7, 11) is 0. The van der Waals surface area contributed by atoms with Crippen LogP contribution in [-0.4, -0.2) is 36.0 Å². The molecule has 0 aliphatic carbocycles. The van der Waals surface area contributed by atoms with Crippen molar-refractivity contribution in [3.8, 4) is 0 Å². The van der Waals surface area contributed by atoms with Gasteiger partial charge in [0.25, 0.3) is 0 Å². The first-order valence-electron chi connectivity index (χ1n) is 6.70. The Balaban J connectivity index is 0.000000445. The van der Waals surface area contributed by atoms with Gasteiger partial charge in [0.2, 0.25) is 0 Å². The second kappa shape index (κ2) is 8.48. The molecule has 0 aliphatic rings. The first-order valence-corrected chi connectivity index (χ1v) is 7.08. The quantitative estimate of drug-likeness (QED) is 0.575. The number of furan rings is 1. The minimum absolute atomic E-state index is 0.0866. The van der Waals surface area contributed by atoms with Crippen molar-refractivity contribution in [1.82, 2.24) is 0 Å². The Bertz CT molecular complexity index is 830. The predicted octanol–water partition coefficient (Wildman–Crippen LogP) is 3.90. The van der Waals surface area contributed by atoms with Gasteiger partial charge in [-0.1, -0.05) is 11.6 Å². The topological polar surface area (TPSA) is 103 Å². The van der Waals surface area contributed by atoms with Gasteiger partial charge in [0.05, 0.1) is 6.54 Å². The molecule has 1 aromatic heterocycles. The van der Waals surface area contributed by atoms with Gasteiger partial charge in [-0.2, -0.15) is 26.3 Å². The van der Waals surface area contributed by atoms with Gasteiger partial charge in [-0.05, 0) is 18.2 Å². The van der Waals surface area contributed by atoms with Crippen LogP contribution < -0.4 is 5.73 Å². The van der Waals surface area contributed by atoms with Gasteiger partial charge in [0.15, 0.2) is 6.61 Å². The van der Waals surface area contributed by atoms with Crippen LogP contribution in [0.25, 0.3) is 11.0 Å². The normalized spacial score (nSPS) is 11.7. The minimum Gasteiger partial charge on any atom is -0.475 e. The maximum Gasteiger partial charge on any atom is 0.490 e. The number of ether oxygens (including phenoxy) is 1. The highest BCUT2D eigenvalue weighted by atomic mass is 35.5. The number of hydrogen-bond acceptors (Lipinski definition) is 5. The summed E-state index contributed by atoms with van der Waals surface area (Å²) in [5, 5.41) is 7.78. The zero-order valence-electron chi connectivity index (χ0n) is 12.9. The fraction of sp³-hybridized carbons (Fsp3) is 0.286. The van der Waals surface area contributed by atoms with Crippen LogP contribution in [0.3, 0.4) is 0 Å². The van der Waals surface area contributed by atoms with Crippen molar-refractivity contribution in [2.24, 2.45) is 5.73 Å². The van der Waals surface area contributed by atoms with Crippen LogP contribution in [0.5, 0.6) is 0 Å². The van der Waals surface area contributed by atoms with E-state index in [1.54, 1.807) is 6.07 Å². The molecule has 0 aliphatic heterocycles. The fourth-order valence-electron chi connectivity index (χ4n) is 1.65. The molecular weight excluding hydrogens is 412 g/mol. The summed E-state index contributed by atoms with van der Waals surface area (Å²) >= 11 is 5.81. The Labute approximate surface area is 151 Å². The highest BCUT2D eigenvalue weighted by Crippen LogP contribution is 2.28. The molecule has 0 atom stereocenters. The third kappa shape index (κ3) is 6.98. The van der Waals surface area contributed by atoms with Crippen molar-refractivity contribution >= 4 is 34.5 Å². The molecule has 13 heteroatoms. The number of halogens is 7. The summed E-state index contributed by atoms with van der Waals surface area (Å²) in [5.74, 6) is -3.53. The fourth-order valence-corrected chi connectivity index (χ4v) is 1.87. The number of hydrogen-bond donors (Lipinski definition) is 2. The van der Waals surface area contributed by atoms with E-state index in [1.165, 1.54) is 12.1 Å². The lowest BCUT2D eigenvalue weighted by Gasteiger charge is -2.08. The lowest BCUT2D eigenvalue weighted by molar-refractivity contribution is -0.192. The third-order valence-corrected chi connectivity index (χ3v) is 2.88. The van der Waals surface area contributed by atoms with Crippen LogP contribution in [0.1, 0.15) is 16.1 Å². The van der Waals surface area contributed by atoms with E-state index in [2.05, 4.69) is 4.74 Å². The highest BCUT2D eigenvalue weighted by molar-refractivity contribution is 6.32. The number of alkyl halides is 6. The number of nitrogens with two attached hydrogens (primary N) is 1. The largest absolute Gasteiger partial charge is 0.490 e. The van der Waals surface area contributed by atoms with Gasteiger partial charge in [0.1, 0.15) is 16.9 Å². The monoisotopic (exact) mass is 421 g/mol. The standard InChI is InChI=1S/C12H9ClF3NO3.C2HF3O2/c13-7-1-6-2-8(4-17)20-10(6)9(3-7)11(18)19-5-12(14,15)16;3-2(4,5)1(6)7/h1-3H,4-5,17H2;(H,6,7). The van der Waals surface area contributed by atoms with Gasteiger partial charge in [0, 0.05) is 10.4 Å². The van der Waals surface area contributed by atoms with Crippen molar-refractivity contribution in [3.63, 3.8) is 0 Å². The predicted molar refractivity (Wildman–Crippen MR) is 79.1 cm³/mol. The van der Waals surface area contributed by atoms with Gasteiger partial charge < -0.3 is 20.0 Å². The number of carboxylic acid groups (broad SMARTS) is 1. The maximum atomic E-state index is 12.0. The summed E-state index contributed by atoms with van der Waals surface area (Å²) in [6.45, 7) is -1.59. The van der Waals surface area contributed by atoms with Crippen LogP contribution in [0, 0.1) is 0 Å². The van der Waals surface area contributed by atoms with Crippen LogP contribution >= 0.6 is 11.6 Å². The molecule has 2 aromatic rings. The summed E-state index contributed by atoms with van der Waals surface area (Å²) in [4.78, 5) is 20.6. The lowest BCUT2D eigenvalue weighted by Crippen LogP contribution is -2.21. The molecule has 150 valence electrons. The van der Waals surface area contributed by atoms with Gasteiger partial charge >= 0.3 is 24.3 Å².